The minimum atomic E-state index is -0.740. The highest BCUT2D eigenvalue weighted by Crippen LogP contribution is 2.47. The van der Waals surface area contributed by atoms with Crippen LogP contribution in [0.5, 0.6) is 34.5 Å². The second kappa shape index (κ2) is 11.9. The van der Waals surface area contributed by atoms with Crippen molar-refractivity contribution in [3.8, 4) is 34.5 Å². The zero-order chi connectivity index (χ0) is 28.0. The lowest BCUT2D eigenvalue weighted by Gasteiger charge is -2.27. The van der Waals surface area contributed by atoms with E-state index in [1.54, 1.807) is 45.0 Å². The van der Waals surface area contributed by atoms with Crippen LogP contribution in [0.15, 0.2) is 24.3 Å². The Hall–Kier alpha value is -4.15. The van der Waals surface area contributed by atoms with Crippen LogP contribution in [0.4, 0.5) is 4.79 Å². The van der Waals surface area contributed by atoms with Crippen LogP contribution in [0.2, 0.25) is 0 Å². The lowest BCUT2D eigenvalue weighted by atomic mass is 9.88. The SMILES string of the molecule is COc1ccc(CC2COc3cc(OC)c(OC)c(OC)c3C2=O)cc1OC(=O)CNC(=O)OC(C)(C)C. The number of benzene rings is 2. The Kier molecular flexibility index (Phi) is 8.92. The summed E-state index contributed by atoms with van der Waals surface area (Å²) in [6.45, 7) is 4.87. The number of hydrogen-bond donors (Lipinski definition) is 1. The Morgan fingerprint density at radius 1 is 0.947 bits per heavy atom. The average molecular weight is 532 g/mol. The van der Waals surface area contributed by atoms with E-state index in [1.807, 2.05) is 0 Å². The Morgan fingerprint density at radius 2 is 1.63 bits per heavy atom. The van der Waals surface area contributed by atoms with Gasteiger partial charge in [0, 0.05) is 6.07 Å². The summed E-state index contributed by atoms with van der Waals surface area (Å²) in [5.74, 6) is 0.287. The molecule has 1 N–H and O–H groups in total. The summed E-state index contributed by atoms with van der Waals surface area (Å²) in [5.41, 5.74) is 0.279. The zero-order valence-corrected chi connectivity index (χ0v) is 22.6. The molecule has 1 amide bonds. The third-order valence-electron chi connectivity index (χ3n) is 5.56. The number of amides is 1. The third kappa shape index (κ3) is 6.58. The molecular weight excluding hydrogens is 498 g/mol. The summed E-state index contributed by atoms with van der Waals surface area (Å²) in [4.78, 5) is 37.7. The minimum absolute atomic E-state index is 0.130. The van der Waals surface area contributed by atoms with E-state index in [0.717, 1.165) is 0 Å². The number of hydrogen-bond acceptors (Lipinski definition) is 10. The van der Waals surface area contributed by atoms with Crippen molar-refractivity contribution in [3.63, 3.8) is 0 Å². The number of ketones is 1. The standard InChI is InChI=1S/C27H33NO10/c1-27(2,3)38-26(31)28-13-21(29)37-18-11-15(8-9-17(18)32-4)10-16-14-36-19-12-20(33-5)24(34-6)25(35-7)22(19)23(16)30/h8-9,11-12,16H,10,13-14H2,1-7H3,(H,28,31). The number of rotatable bonds is 9. The van der Waals surface area contributed by atoms with Gasteiger partial charge in [-0.15, -0.1) is 0 Å². The summed E-state index contributed by atoms with van der Waals surface area (Å²) in [5, 5.41) is 2.35. The molecule has 0 aromatic heterocycles. The van der Waals surface area contributed by atoms with Gasteiger partial charge in [-0.2, -0.15) is 0 Å². The summed E-state index contributed by atoms with van der Waals surface area (Å²) in [6.07, 6.45) is -0.448. The molecule has 38 heavy (non-hydrogen) atoms. The van der Waals surface area contributed by atoms with Crippen LogP contribution in [-0.2, 0) is 16.0 Å². The lowest BCUT2D eigenvalue weighted by Crippen LogP contribution is -2.36. The number of Topliss-reactive ketones (excluding diaryl/α,β-unsaturated/α-hetero) is 1. The first-order valence-corrected chi connectivity index (χ1v) is 11.9. The number of ether oxygens (including phenoxy) is 7. The molecule has 2 aromatic carbocycles. The summed E-state index contributed by atoms with van der Waals surface area (Å²) >= 11 is 0. The fourth-order valence-electron chi connectivity index (χ4n) is 3.93. The molecule has 2 aromatic rings. The van der Waals surface area contributed by atoms with E-state index in [4.69, 9.17) is 33.2 Å². The second-order valence-corrected chi connectivity index (χ2v) is 9.41. The van der Waals surface area contributed by atoms with Crippen molar-refractivity contribution < 1.29 is 47.5 Å². The van der Waals surface area contributed by atoms with Crippen molar-refractivity contribution >= 4 is 17.8 Å². The predicted molar refractivity (Wildman–Crippen MR) is 136 cm³/mol. The molecule has 1 heterocycles. The minimum Gasteiger partial charge on any atom is -0.493 e. The van der Waals surface area contributed by atoms with Gasteiger partial charge < -0.3 is 38.5 Å². The first kappa shape index (κ1) is 28.4. The number of esters is 1. The summed E-state index contributed by atoms with van der Waals surface area (Å²) < 4.78 is 38.0. The number of carbonyl (C=O) groups is 3. The van der Waals surface area contributed by atoms with E-state index in [9.17, 15) is 14.4 Å². The van der Waals surface area contributed by atoms with Gasteiger partial charge in [0.05, 0.1) is 41.0 Å². The molecule has 11 heteroatoms. The van der Waals surface area contributed by atoms with E-state index < -0.39 is 30.1 Å². The monoisotopic (exact) mass is 531 g/mol. The molecule has 0 saturated carbocycles. The van der Waals surface area contributed by atoms with Gasteiger partial charge in [-0.3, -0.25) is 4.79 Å². The van der Waals surface area contributed by atoms with E-state index >= 15 is 0 Å². The van der Waals surface area contributed by atoms with E-state index in [0.29, 0.717) is 35.0 Å². The van der Waals surface area contributed by atoms with Crippen molar-refractivity contribution in [2.75, 3.05) is 41.6 Å². The van der Waals surface area contributed by atoms with Crippen LogP contribution in [0.25, 0.3) is 0 Å². The number of fused-ring (bicyclic) bond motifs is 1. The number of methoxy groups -OCH3 is 4. The molecule has 1 aliphatic heterocycles. The molecule has 1 atom stereocenters. The summed E-state index contributed by atoms with van der Waals surface area (Å²) in [7, 11) is 5.82. The second-order valence-electron chi connectivity index (χ2n) is 9.41. The molecule has 0 radical (unpaired) electrons. The maximum atomic E-state index is 13.5. The van der Waals surface area contributed by atoms with Crippen LogP contribution in [0.1, 0.15) is 36.7 Å². The lowest BCUT2D eigenvalue weighted by molar-refractivity contribution is -0.133. The Bertz CT molecular complexity index is 1200. The highest BCUT2D eigenvalue weighted by molar-refractivity contribution is 6.05. The molecule has 206 valence electrons. The van der Waals surface area contributed by atoms with Gasteiger partial charge in [0.1, 0.15) is 23.5 Å². The van der Waals surface area contributed by atoms with Crippen LogP contribution in [0, 0.1) is 5.92 Å². The molecule has 0 saturated heterocycles. The van der Waals surface area contributed by atoms with E-state index in [-0.39, 0.29) is 29.5 Å². The highest BCUT2D eigenvalue weighted by Gasteiger charge is 2.35. The normalized spacial score (nSPS) is 14.5. The Labute approximate surface area is 221 Å². The van der Waals surface area contributed by atoms with Gasteiger partial charge in [0.15, 0.2) is 28.8 Å². The van der Waals surface area contributed by atoms with Crippen LogP contribution in [-0.4, -0.2) is 65.0 Å². The van der Waals surface area contributed by atoms with Crippen molar-refractivity contribution in [3.05, 3.63) is 35.4 Å². The maximum Gasteiger partial charge on any atom is 0.408 e. The van der Waals surface area contributed by atoms with E-state index in [1.165, 1.54) is 28.4 Å². The van der Waals surface area contributed by atoms with Gasteiger partial charge in [-0.1, -0.05) is 6.07 Å². The molecule has 0 spiro atoms. The fraction of sp³-hybridized carbons (Fsp3) is 0.444. The van der Waals surface area contributed by atoms with Gasteiger partial charge in [0.25, 0.3) is 0 Å². The van der Waals surface area contributed by atoms with Crippen molar-refractivity contribution in [1.82, 2.24) is 5.32 Å². The first-order valence-electron chi connectivity index (χ1n) is 11.9. The number of alkyl carbamates (subject to hydrolysis) is 1. The zero-order valence-electron chi connectivity index (χ0n) is 22.6. The smallest absolute Gasteiger partial charge is 0.408 e. The Balaban J connectivity index is 1.76. The molecular formula is C27H33NO10. The highest BCUT2D eigenvalue weighted by atomic mass is 16.6. The number of nitrogens with one attached hydrogen (secondary N) is 1. The topological polar surface area (TPSA) is 128 Å². The van der Waals surface area contributed by atoms with Gasteiger partial charge >= 0.3 is 12.1 Å². The summed E-state index contributed by atoms with van der Waals surface area (Å²) in [6, 6.07) is 6.61. The van der Waals surface area contributed by atoms with Crippen LogP contribution < -0.4 is 33.7 Å². The first-order chi connectivity index (χ1) is 18.0. The molecule has 11 nitrogen and oxygen atoms in total. The Morgan fingerprint density at radius 3 is 2.24 bits per heavy atom. The molecule has 1 aliphatic rings. The van der Waals surface area contributed by atoms with Crippen LogP contribution in [0.3, 0.4) is 0 Å². The van der Waals surface area contributed by atoms with Gasteiger partial charge in [-0.05, 0) is 44.9 Å². The van der Waals surface area contributed by atoms with Crippen molar-refractivity contribution in [2.24, 2.45) is 5.92 Å². The van der Waals surface area contributed by atoms with Crippen LogP contribution >= 0.6 is 0 Å². The van der Waals surface area contributed by atoms with E-state index in [2.05, 4.69) is 5.32 Å². The average Bonchev–Trinajstić information content (AvgIpc) is 2.87. The van der Waals surface area contributed by atoms with Crippen molar-refractivity contribution in [2.45, 2.75) is 32.8 Å². The molecule has 3 rings (SSSR count). The van der Waals surface area contributed by atoms with Gasteiger partial charge in [-0.25, -0.2) is 9.59 Å². The third-order valence-corrected chi connectivity index (χ3v) is 5.56. The van der Waals surface area contributed by atoms with Crippen molar-refractivity contribution in [1.29, 1.82) is 0 Å². The molecule has 0 aliphatic carbocycles. The largest absolute Gasteiger partial charge is 0.493 e. The maximum absolute atomic E-state index is 13.5. The number of carbonyl (C=O) groups excluding carboxylic acids is 3. The van der Waals surface area contributed by atoms with Gasteiger partial charge in [0.2, 0.25) is 5.75 Å². The fourth-order valence-corrected chi connectivity index (χ4v) is 3.93. The molecule has 1 unspecified atom stereocenters. The predicted octanol–water partition coefficient (Wildman–Crippen LogP) is 3.59. The molecule has 0 bridgehead atoms. The quantitative estimate of drug-likeness (QED) is 0.379. The molecule has 0 fully saturated rings.